The highest BCUT2D eigenvalue weighted by atomic mass is 15.2. The molecule has 0 fully saturated rings. The Balaban J connectivity index is 1.10. The molecule has 46 heavy (non-hydrogen) atoms. The zero-order valence-corrected chi connectivity index (χ0v) is 26.4. The summed E-state index contributed by atoms with van der Waals surface area (Å²) in [5.74, 6) is 0. The highest BCUT2D eigenvalue weighted by Gasteiger charge is 2.42. The van der Waals surface area contributed by atoms with E-state index in [9.17, 15) is 0 Å². The van der Waals surface area contributed by atoms with Gasteiger partial charge >= 0.3 is 0 Å². The van der Waals surface area contributed by atoms with E-state index in [1.54, 1.807) is 22.4 Å². The second kappa shape index (κ2) is 10.6. The summed E-state index contributed by atoms with van der Waals surface area (Å²) in [5, 5.41) is 2.92. The van der Waals surface area contributed by atoms with Crippen LogP contribution >= 0.6 is 0 Å². The third-order valence-corrected chi connectivity index (χ3v) is 11.6. The maximum Gasteiger partial charge on any atom is 0.0567 e. The number of hydrogen-bond donors (Lipinski definition) is 0. The molecule has 228 valence electrons. The van der Waals surface area contributed by atoms with Crippen LogP contribution in [-0.4, -0.2) is 32.0 Å². The fourth-order valence-electron chi connectivity index (χ4n) is 9.62. The Morgan fingerprint density at radius 1 is 0.522 bits per heavy atom. The van der Waals surface area contributed by atoms with Crippen LogP contribution in [0.5, 0.6) is 0 Å². The van der Waals surface area contributed by atoms with Crippen molar-refractivity contribution in [3.8, 4) is 0 Å². The standard InChI is InChI=1S/C42H40N4/c1-3-11-29(12-4-1)26-43-23-22-35-33-16-8-10-18-38(33)46-36(19-20-39(43)42(35)46)31-25-40-41-34(32-15-7-9-17-37(32)45(41)28-31)21-24-44(40)27-30-13-5-2-6-14-30/h1-18,28,36,39-40H,19-27H2/t36-,39+,40?/m1/s1. The Bertz CT molecular complexity index is 2120. The summed E-state index contributed by atoms with van der Waals surface area (Å²) >= 11 is 0. The van der Waals surface area contributed by atoms with E-state index in [1.165, 1.54) is 51.5 Å². The number of hydrogen-bond acceptors (Lipinski definition) is 2. The monoisotopic (exact) mass is 600 g/mol. The van der Waals surface area contributed by atoms with Crippen LogP contribution in [0.25, 0.3) is 28.0 Å². The molecule has 1 unspecified atom stereocenters. The molecule has 2 aromatic heterocycles. The van der Waals surface area contributed by atoms with E-state index in [-0.39, 0.29) is 0 Å². The van der Waals surface area contributed by atoms with E-state index >= 15 is 0 Å². The van der Waals surface area contributed by atoms with Gasteiger partial charge in [0.25, 0.3) is 0 Å². The molecule has 6 aromatic rings. The lowest BCUT2D eigenvalue weighted by molar-refractivity contribution is 0.134. The summed E-state index contributed by atoms with van der Waals surface area (Å²) in [4.78, 5) is 5.54. The summed E-state index contributed by atoms with van der Waals surface area (Å²) in [6.45, 7) is 4.27. The average molecular weight is 601 g/mol. The Kier molecular flexibility index (Phi) is 6.17. The average Bonchev–Trinajstić information content (AvgIpc) is 3.62. The van der Waals surface area contributed by atoms with Gasteiger partial charge in [0.1, 0.15) is 0 Å². The van der Waals surface area contributed by atoms with Crippen molar-refractivity contribution in [3.63, 3.8) is 0 Å². The lowest BCUT2D eigenvalue weighted by Gasteiger charge is -2.45. The number of rotatable bonds is 5. The fourth-order valence-corrected chi connectivity index (χ4v) is 9.62. The quantitative estimate of drug-likeness (QED) is 0.196. The molecule has 0 radical (unpaired) electrons. The van der Waals surface area contributed by atoms with E-state index in [0.717, 1.165) is 45.4 Å². The number of aromatic nitrogens is 2. The molecule has 0 spiro atoms. The first-order valence-electron chi connectivity index (χ1n) is 17.3. The molecule has 10 rings (SSSR count). The van der Waals surface area contributed by atoms with E-state index in [0.29, 0.717) is 18.1 Å². The minimum atomic E-state index is 0.375. The molecule has 4 nitrogen and oxygen atoms in total. The van der Waals surface area contributed by atoms with Gasteiger partial charge in [0.05, 0.1) is 23.6 Å². The van der Waals surface area contributed by atoms with E-state index in [4.69, 9.17) is 0 Å². The molecule has 0 saturated carbocycles. The number of nitrogens with zero attached hydrogens (tertiary/aromatic N) is 4. The lowest BCUT2D eigenvalue weighted by atomic mass is 9.83. The molecule has 0 amide bonds. The molecule has 0 saturated heterocycles. The molecule has 3 atom stereocenters. The van der Waals surface area contributed by atoms with Crippen molar-refractivity contribution in [3.05, 3.63) is 148 Å². The molecular formula is C42H40N4. The van der Waals surface area contributed by atoms with Crippen LogP contribution < -0.4 is 0 Å². The Labute approximate surface area is 271 Å². The predicted molar refractivity (Wildman–Crippen MR) is 188 cm³/mol. The first-order chi connectivity index (χ1) is 22.8. The SMILES string of the molecule is C1=C([C@H]2CC[C@H]3c4c(c5ccccc5n42)CCN3Cc2ccccc2)CC2c3c(c4ccccc4n31)CCN2Cc1ccccc1. The van der Waals surface area contributed by atoms with Crippen LogP contribution in [0.3, 0.4) is 0 Å². The molecule has 4 aliphatic rings. The molecule has 0 N–H and O–H groups in total. The summed E-state index contributed by atoms with van der Waals surface area (Å²) in [6, 6.07) is 41.9. The third-order valence-electron chi connectivity index (χ3n) is 11.6. The maximum atomic E-state index is 2.81. The molecule has 0 aliphatic carbocycles. The first-order valence-corrected chi connectivity index (χ1v) is 17.3. The Morgan fingerprint density at radius 2 is 1.07 bits per heavy atom. The molecular weight excluding hydrogens is 560 g/mol. The van der Waals surface area contributed by atoms with Crippen LogP contribution in [0, 0.1) is 0 Å². The molecule has 4 heteroatoms. The highest BCUT2D eigenvalue weighted by molar-refractivity contribution is 5.89. The van der Waals surface area contributed by atoms with Gasteiger partial charge in [0, 0.05) is 60.1 Å². The minimum absolute atomic E-state index is 0.375. The van der Waals surface area contributed by atoms with Gasteiger partial charge in [-0.25, -0.2) is 0 Å². The molecule has 4 aromatic carbocycles. The third kappa shape index (κ3) is 4.06. The molecule has 6 heterocycles. The molecule has 4 aliphatic heterocycles. The van der Waals surface area contributed by atoms with Gasteiger partial charge in [-0.3, -0.25) is 9.80 Å². The number of fused-ring (bicyclic) bond motifs is 6. The van der Waals surface area contributed by atoms with E-state index in [2.05, 4.69) is 134 Å². The van der Waals surface area contributed by atoms with Crippen molar-refractivity contribution in [1.29, 1.82) is 0 Å². The highest BCUT2D eigenvalue weighted by Crippen LogP contribution is 2.52. The zero-order chi connectivity index (χ0) is 30.2. The Hall–Kier alpha value is -4.38. The normalized spacial score (nSPS) is 22.5. The summed E-state index contributed by atoms with van der Waals surface area (Å²) in [6.07, 6.45) is 8.30. The van der Waals surface area contributed by atoms with Crippen LogP contribution in [0.1, 0.15) is 71.0 Å². The lowest BCUT2D eigenvalue weighted by Crippen LogP contribution is -2.40. The van der Waals surface area contributed by atoms with Gasteiger partial charge in [-0.05, 0) is 72.1 Å². The van der Waals surface area contributed by atoms with Crippen LogP contribution in [0.4, 0.5) is 0 Å². The summed E-state index contributed by atoms with van der Waals surface area (Å²) in [7, 11) is 0. The van der Waals surface area contributed by atoms with Gasteiger partial charge in [0.2, 0.25) is 0 Å². The zero-order valence-electron chi connectivity index (χ0n) is 26.4. The van der Waals surface area contributed by atoms with Crippen molar-refractivity contribution in [2.24, 2.45) is 0 Å². The topological polar surface area (TPSA) is 16.3 Å². The summed E-state index contributed by atoms with van der Waals surface area (Å²) in [5.41, 5.74) is 13.5. The maximum absolute atomic E-state index is 2.81. The summed E-state index contributed by atoms with van der Waals surface area (Å²) < 4.78 is 5.42. The fraction of sp³-hybridized carbons (Fsp3) is 0.286. The Morgan fingerprint density at radius 3 is 1.76 bits per heavy atom. The van der Waals surface area contributed by atoms with Gasteiger partial charge < -0.3 is 9.13 Å². The van der Waals surface area contributed by atoms with Crippen LogP contribution in [0.2, 0.25) is 0 Å². The second-order valence-corrected chi connectivity index (χ2v) is 13.9. The van der Waals surface area contributed by atoms with Gasteiger partial charge in [-0.1, -0.05) is 97.1 Å². The molecule has 0 bridgehead atoms. The minimum Gasteiger partial charge on any atom is -0.335 e. The smallest absolute Gasteiger partial charge is 0.0567 e. The van der Waals surface area contributed by atoms with Crippen molar-refractivity contribution >= 4 is 28.0 Å². The van der Waals surface area contributed by atoms with Crippen molar-refractivity contribution in [1.82, 2.24) is 18.9 Å². The predicted octanol–water partition coefficient (Wildman–Crippen LogP) is 9.07. The largest absolute Gasteiger partial charge is 0.335 e. The van der Waals surface area contributed by atoms with Gasteiger partial charge in [-0.15, -0.1) is 0 Å². The first kappa shape index (κ1) is 26.8. The number of para-hydroxylation sites is 2. The number of benzene rings is 4. The van der Waals surface area contributed by atoms with Gasteiger partial charge in [0.15, 0.2) is 0 Å². The van der Waals surface area contributed by atoms with Crippen molar-refractivity contribution < 1.29 is 0 Å². The van der Waals surface area contributed by atoms with E-state index < -0.39 is 0 Å². The van der Waals surface area contributed by atoms with Crippen molar-refractivity contribution in [2.75, 3.05) is 13.1 Å². The van der Waals surface area contributed by atoms with Crippen molar-refractivity contribution in [2.45, 2.75) is 63.3 Å². The second-order valence-electron chi connectivity index (χ2n) is 13.9. The van der Waals surface area contributed by atoms with E-state index in [1.807, 2.05) is 0 Å². The van der Waals surface area contributed by atoms with Crippen LogP contribution in [-0.2, 0) is 25.9 Å². The van der Waals surface area contributed by atoms with Crippen LogP contribution in [0.15, 0.2) is 115 Å². The van der Waals surface area contributed by atoms with Gasteiger partial charge in [-0.2, -0.15) is 0 Å².